The lowest BCUT2D eigenvalue weighted by molar-refractivity contribution is 0.687. The van der Waals surface area contributed by atoms with Crippen LogP contribution in [0, 0.1) is 6.92 Å². The van der Waals surface area contributed by atoms with Crippen LogP contribution in [0.5, 0.6) is 0 Å². The van der Waals surface area contributed by atoms with Crippen LogP contribution in [0.1, 0.15) is 16.7 Å². The first-order valence-corrected chi connectivity index (χ1v) is 10.3. The summed E-state index contributed by atoms with van der Waals surface area (Å²) in [4.78, 5) is 0. The number of aromatic nitrogens is 4. The summed E-state index contributed by atoms with van der Waals surface area (Å²) in [7, 11) is 0. The Hall–Kier alpha value is -3.16. The second-order valence-corrected chi connectivity index (χ2v) is 7.87. The number of thiocarbonyl (C=S) groups is 1. The smallest absolute Gasteiger partial charge is 0.176 e. The Morgan fingerprint density at radius 1 is 1.00 bits per heavy atom. The maximum absolute atomic E-state index is 6.04. The minimum atomic E-state index is 0.457. The lowest BCUT2D eigenvalue weighted by Crippen LogP contribution is -2.19. The third kappa shape index (κ3) is 5.46. The predicted molar refractivity (Wildman–Crippen MR) is 125 cm³/mol. The van der Waals surface area contributed by atoms with Gasteiger partial charge >= 0.3 is 0 Å². The highest BCUT2D eigenvalue weighted by molar-refractivity contribution is 7.80. The fourth-order valence-electron chi connectivity index (χ4n) is 3.13. The second kappa shape index (κ2) is 9.11. The van der Waals surface area contributed by atoms with E-state index in [-0.39, 0.29) is 0 Å². The summed E-state index contributed by atoms with van der Waals surface area (Å²) in [6, 6.07) is 18.0. The third-order valence-corrected chi connectivity index (χ3v) is 4.87. The molecule has 0 radical (unpaired) electrons. The first-order chi connectivity index (χ1) is 14.5. The van der Waals surface area contributed by atoms with Crippen LogP contribution < -0.4 is 10.6 Å². The molecule has 0 unspecified atom stereocenters. The quantitative estimate of drug-likeness (QED) is 0.419. The van der Waals surface area contributed by atoms with E-state index in [1.807, 2.05) is 52.1 Å². The molecule has 4 rings (SSSR count). The second-order valence-electron chi connectivity index (χ2n) is 7.02. The van der Waals surface area contributed by atoms with E-state index in [1.54, 1.807) is 6.20 Å². The van der Waals surface area contributed by atoms with Gasteiger partial charge in [0.25, 0.3) is 0 Å². The number of nitrogens with one attached hydrogen (secondary N) is 2. The molecule has 2 aromatic heterocycles. The van der Waals surface area contributed by atoms with Crippen LogP contribution in [-0.2, 0) is 13.1 Å². The Kier molecular flexibility index (Phi) is 6.11. The van der Waals surface area contributed by atoms with Gasteiger partial charge in [-0.1, -0.05) is 53.6 Å². The Balaban J connectivity index is 1.32. The molecule has 0 aliphatic rings. The lowest BCUT2D eigenvalue weighted by Gasteiger charge is -2.07. The Labute approximate surface area is 185 Å². The Bertz CT molecular complexity index is 1080. The number of benzene rings is 2. The minimum Gasteiger partial charge on any atom is -0.330 e. The molecule has 0 bridgehead atoms. The molecule has 152 valence electrons. The van der Waals surface area contributed by atoms with Gasteiger partial charge in [-0.15, -0.1) is 0 Å². The fourth-order valence-corrected chi connectivity index (χ4v) is 3.56. The van der Waals surface area contributed by atoms with Crippen molar-refractivity contribution in [2.75, 3.05) is 10.6 Å². The largest absolute Gasteiger partial charge is 0.330 e. The Morgan fingerprint density at radius 3 is 2.57 bits per heavy atom. The molecule has 2 heterocycles. The molecule has 0 amide bonds. The summed E-state index contributed by atoms with van der Waals surface area (Å²) in [6.45, 7) is 3.42. The van der Waals surface area contributed by atoms with Gasteiger partial charge in [-0.25, -0.2) is 0 Å². The maximum atomic E-state index is 6.04. The van der Waals surface area contributed by atoms with Gasteiger partial charge in [-0.3, -0.25) is 9.36 Å². The first kappa shape index (κ1) is 20.1. The van der Waals surface area contributed by atoms with Gasteiger partial charge < -0.3 is 10.6 Å². The molecule has 0 saturated carbocycles. The van der Waals surface area contributed by atoms with E-state index < -0.39 is 0 Å². The van der Waals surface area contributed by atoms with Crippen molar-refractivity contribution < 1.29 is 0 Å². The van der Waals surface area contributed by atoms with E-state index in [9.17, 15) is 0 Å². The SMILES string of the molecule is Cc1cccc(Cn2ccc(NC(=S)Nc3cnn(Cc4cccc(Cl)c4)c3)n2)c1. The molecule has 2 N–H and O–H groups in total. The number of aryl methyl sites for hydroxylation is 1. The molecular weight excluding hydrogens is 416 g/mol. The van der Waals surface area contributed by atoms with Gasteiger partial charge in [0.15, 0.2) is 10.9 Å². The van der Waals surface area contributed by atoms with E-state index in [1.165, 1.54) is 11.1 Å². The van der Waals surface area contributed by atoms with E-state index in [2.05, 4.69) is 52.0 Å². The number of anilines is 2. The number of hydrogen-bond acceptors (Lipinski definition) is 3. The number of rotatable bonds is 6. The molecular formula is C22H21ClN6S. The molecule has 0 atom stereocenters. The molecule has 30 heavy (non-hydrogen) atoms. The van der Waals surface area contributed by atoms with Crippen molar-refractivity contribution in [2.24, 2.45) is 0 Å². The van der Waals surface area contributed by atoms with Crippen LogP contribution in [0.15, 0.2) is 73.2 Å². The summed E-state index contributed by atoms with van der Waals surface area (Å²) in [5.74, 6) is 0.687. The van der Waals surface area contributed by atoms with Crippen molar-refractivity contribution in [3.05, 3.63) is 94.9 Å². The highest BCUT2D eigenvalue weighted by atomic mass is 35.5. The molecule has 4 aromatic rings. The van der Waals surface area contributed by atoms with Crippen molar-refractivity contribution in [2.45, 2.75) is 20.0 Å². The van der Waals surface area contributed by atoms with E-state index in [4.69, 9.17) is 23.8 Å². The van der Waals surface area contributed by atoms with Crippen LogP contribution in [0.25, 0.3) is 0 Å². The molecule has 0 aliphatic carbocycles. The van der Waals surface area contributed by atoms with Crippen molar-refractivity contribution in [3.63, 3.8) is 0 Å². The topological polar surface area (TPSA) is 59.7 Å². The monoisotopic (exact) mass is 436 g/mol. The summed E-state index contributed by atoms with van der Waals surface area (Å²) in [5.41, 5.74) is 4.32. The molecule has 2 aromatic carbocycles. The van der Waals surface area contributed by atoms with Crippen LogP contribution in [0.3, 0.4) is 0 Å². The van der Waals surface area contributed by atoms with Crippen LogP contribution in [0.2, 0.25) is 5.02 Å². The molecule has 0 saturated heterocycles. The predicted octanol–water partition coefficient (Wildman–Crippen LogP) is 4.95. The van der Waals surface area contributed by atoms with Crippen LogP contribution in [0.4, 0.5) is 11.5 Å². The van der Waals surface area contributed by atoms with Crippen LogP contribution in [-0.4, -0.2) is 24.7 Å². The summed E-state index contributed by atoms with van der Waals surface area (Å²) < 4.78 is 3.70. The minimum absolute atomic E-state index is 0.457. The van der Waals surface area contributed by atoms with Gasteiger partial charge in [-0.2, -0.15) is 10.2 Å². The van der Waals surface area contributed by atoms with Gasteiger partial charge in [0, 0.05) is 23.5 Å². The van der Waals surface area contributed by atoms with Gasteiger partial charge in [0.1, 0.15) is 0 Å². The van der Waals surface area contributed by atoms with Crippen molar-refractivity contribution in [1.82, 2.24) is 19.6 Å². The van der Waals surface area contributed by atoms with Crippen molar-refractivity contribution in [3.8, 4) is 0 Å². The summed E-state index contributed by atoms with van der Waals surface area (Å²) in [5, 5.41) is 16.3. The lowest BCUT2D eigenvalue weighted by atomic mass is 10.1. The first-order valence-electron chi connectivity index (χ1n) is 9.47. The molecule has 0 fully saturated rings. The zero-order valence-electron chi connectivity index (χ0n) is 16.4. The highest BCUT2D eigenvalue weighted by Crippen LogP contribution is 2.14. The van der Waals surface area contributed by atoms with Gasteiger partial charge in [-0.05, 0) is 42.4 Å². The third-order valence-electron chi connectivity index (χ3n) is 4.43. The number of halogens is 1. The molecule has 8 heteroatoms. The van der Waals surface area contributed by atoms with Crippen molar-refractivity contribution >= 4 is 40.4 Å². The average Bonchev–Trinajstić information content (AvgIpc) is 3.31. The van der Waals surface area contributed by atoms with Gasteiger partial charge in [0.05, 0.1) is 25.0 Å². The number of nitrogens with zero attached hydrogens (tertiary/aromatic N) is 4. The highest BCUT2D eigenvalue weighted by Gasteiger charge is 2.06. The van der Waals surface area contributed by atoms with E-state index >= 15 is 0 Å². The standard InChI is InChI=1S/C22H21ClN6S/c1-16-4-2-5-17(10-16)13-28-9-8-21(27-28)26-22(30)25-20-12-24-29(15-20)14-18-6-3-7-19(23)11-18/h2-12,15H,13-14H2,1H3,(H2,25,26,27,30). The molecule has 6 nitrogen and oxygen atoms in total. The Morgan fingerprint density at radius 2 is 1.77 bits per heavy atom. The van der Waals surface area contributed by atoms with Crippen LogP contribution >= 0.6 is 23.8 Å². The zero-order valence-corrected chi connectivity index (χ0v) is 18.0. The van der Waals surface area contributed by atoms with E-state index in [0.29, 0.717) is 29.0 Å². The molecule has 0 spiro atoms. The maximum Gasteiger partial charge on any atom is 0.176 e. The normalized spacial score (nSPS) is 10.7. The van der Waals surface area contributed by atoms with Gasteiger partial charge in [0.2, 0.25) is 0 Å². The molecule has 0 aliphatic heterocycles. The zero-order chi connectivity index (χ0) is 20.9. The summed E-state index contributed by atoms with van der Waals surface area (Å²) in [6.07, 6.45) is 5.55. The average molecular weight is 437 g/mol. The summed E-state index contributed by atoms with van der Waals surface area (Å²) >= 11 is 11.4. The van der Waals surface area contributed by atoms with E-state index in [0.717, 1.165) is 11.3 Å². The van der Waals surface area contributed by atoms with Crippen molar-refractivity contribution in [1.29, 1.82) is 0 Å². The fraction of sp³-hybridized carbons (Fsp3) is 0.136. The number of hydrogen-bond donors (Lipinski definition) is 2.